The number of aliphatic hydroxyl groups is 9. The Morgan fingerprint density at radius 1 is 0.351 bits per heavy atom. The van der Waals surface area contributed by atoms with E-state index in [0.29, 0.717) is 44.9 Å². The van der Waals surface area contributed by atoms with E-state index in [2.05, 4.69) is 64.2 Å². The fraction of sp³-hybridized carbons (Fsp3) is 0.882. The SMILES string of the molecule is CCCCCCCC/C=C\CCCCCC(=O)OCC1OC(OC2C(OC(=O)CCCCC/C=C\CCCCCCCC)C(O)C(O)C(OC3OC(CO)C(O)C(O)C3O)C2OP(=O)(O)OCC(COC(=O)CCCCCCCCCCCCCCC)OC(=O)CCCCC/C=C\CCCCCCCC)C(O)C(O)C1O. The van der Waals surface area contributed by atoms with E-state index in [0.717, 1.165) is 109 Å². The van der Waals surface area contributed by atoms with Crippen LogP contribution in [0.1, 0.15) is 349 Å². The standard InChI is InChI=1S/C85H153O25P/c1-5-9-13-17-21-25-29-33-37-41-45-49-53-57-68(87)101-62-65(104-70(89)59-55-51-47-43-39-35-31-27-23-19-15-11-7-3)63-103-111(99,100)110-83-81(108-84-78(97)74(93)72(91)66(61-86)105-84)77(96)76(95)80(107-71(90)60-56-52-48-44-40-36-32-28-24-20-16-12-8-4)82(83)109-85-79(98)75(94)73(92)67(106-85)64-102-69(88)58-54-50-46-42-38-34-30-26-22-18-14-10-6-2/h34-36,38-40,65-67,72-86,91-98H,5-33,37,41-64H2,1-4H3,(H,99,100)/b38-34-,39-35-,40-36-. The summed E-state index contributed by atoms with van der Waals surface area (Å²) in [5.41, 5.74) is 0. The summed E-state index contributed by atoms with van der Waals surface area (Å²) in [5.74, 6) is -3.03. The number of phosphoric acid groups is 1. The molecule has 2 aliphatic heterocycles. The molecule has 0 aromatic rings. The third kappa shape index (κ3) is 45.9. The van der Waals surface area contributed by atoms with Crippen LogP contribution in [0.25, 0.3) is 0 Å². The Morgan fingerprint density at radius 3 is 1.08 bits per heavy atom. The molecule has 2 saturated heterocycles. The van der Waals surface area contributed by atoms with E-state index in [-0.39, 0.29) is 32.1 Å². The van der Waals surface area contributed by atoms with Crippen molar-refractivity contribution in [2.24, 2.45) is 0 Å². The van der Waals surface area contributed by atoms with Crippen molar-refractivity contribution in [3.05, 3.63) is 36.5 Å². The lowest BCUT2D eigenvalue weighted by molar-refractivity contribution is -0.360. The van der Waals surface area contributed by atoms with E-state index in [1.165, 1.54) is 135 Å². The minimum absolute atomic E-state index is 0.00915. The van der Waals surface area contributed by atoms with Gasteiger partial charge in [-0.2, -0.15) is 0 Å². The lowest BCUT2D eigenvalue weighted by atomic mass is 9.84. The number of carbonyl (C=O) groups excluding carboxylic acids is 4. The van der Waals surface area contributed by atoms with Gasteiger partial charge in [-0.25, -0.2) is 4.57 Å². The van der Waals surface area contributed by atoms with Gasteiger partial charge in [0.2, 0.25) is 0 Å². The van der Waals surface area contributed by atoms with E-state index >= 15 is 0 Å². The van der Waals surface area contributed by atoms with Crippen molar-refractivity contribution in [2.75, 3.05) is 26.4 Å². The van der Waals surface area contributed by atoms with Crippen molar-refractivity contribution >= 4 is 31.7 Å². The fourth-order valence-electron chi connectivity index (χ4n) is 14.1. The molecule has 1 aliphatic carbocycles. The summed E-state index contributed by atoms with van der Waals surface area (Å²) in [6.07, 6.45) is 23.4. The van der Waals surface area contributed by atoms with Crippen LogP contribution in [0, 0.1) is 0 Å². The number of aliphatic hydroxyl groups excluding tert-OH is 9. The molecule has 3 rings (SSSR count). The number of carbonyl (C=O) groups is 4. The van der Waals surface area contributed by atoms with E-state index < -0.39 is 162 Å². The van der Waals surface area contributed by atoms with Gasteiger partial charge < -0.3 is 88.7 Å². The number of unbranched alkanes of at least 4 members (excludes halogenated alkanes) is 39. The first-order valence-electron chi connectivity index (χ1n) is 43.7. The monoisotopic (exact) mass is 1610 g/mol. The molecule has 0 amide bonds. The van der Waals surface area contributed by atoms with E-state index in [1.807, 2.05) is 0 Å². The normalized spacial score (nSPS) is 25.9. The van der Waals surface area contributed by atoms with Crippen molar-refractivity contribution in [3.63, 3.8) is 0 Å². The summed E-state index contributed by atoms with van der Waals surface area (Å²) in [4.78, 5) is 66.1. The minimum atomic E-state index is -5.81. The molecule has 648 valence electrons. The highest BCUT2D eigenvalue weighted by atomic mass is 31.2. The number of phosphoric ester groups is 1. The number of hydrogen-bond acceptors (Lipinski definition) is 24. The molecular formula is C85H153O25P. The number of esters is 4. The second-order valence-electron chi connectivity index (χ2n) is 31.0. The molecule has 0 aromatic carbocycles. The molecule has 3 aliphatic rings. The molecular weight excluding hydrogens is 1450 g/mol. The van der Waals surface area contributed by atoms with Gasteiger partial charge in [-0.05, 0) is 103 Å². The second kappa shape index (κ2) is 64.7. The van der Waals surface area contributed by atoms with Gasteiger partial charge in [0.15, 0.2) is 24.8 Å². The zero-order chi connectivity index (χ0) is 81.1. The van der Waals surface area contributed by atoms with Crippen molar-refractivity contribution in [3.8, 4) is 0 Å². The molecule has 1 saturated carbocycles. The molecule has 3 fully saturated rings. The van der Waals surface area contributed by atoms with E-state index in [4.69, 9.17) is 46.9 Å². The predicted molar refractivity (Wildman–Crippen MR) is 426 cm³/mol. The predicted octanol–water partition coefficient (Wildman–Crippen LogP) is 14.8. The van der Waals surface area contributed by atoms with Crippen LogP contribution in [-0.2, 0) is 70.7 Å². The topological polar surface area (TPSA) is 380 Å². The number of rotatable bonds is 69. The molecule has 18 atom stereocenters. The lowest BCUT2D eigenvalue weighted by Crippen LogP contribution is -2.70. The van der Waals surface area contributed by atoms with Crippen LogP contribution in [0.5, 0.6) is 0 Å². The maximum atomic E-state index is 14.8. The molecule has 18 unspecified atom stereocenters. The average molecular weight is 1610 g/mol. The summed E-state index contributed by atoms with van der Waals surface area (Å²) >= 11 is 0. The number of ether oxygens (including phenoxy) is 8. The van der Waals surface area contributed by atoms with Gasteiger partial charge in [0, 0.05) is 25.7 Å². The van der Waals surface area contributed by atoms with Crippen LogP contribution in [-0.4, -0.2) is 205 Å². The second-order valence-corrected chi connectivity index (χ2v) is 32.4. The van der Waals surface area contributed by atoms with Crippen molar-refractivity contribution < 1.29 is 122 Å². The van der Waals surface area contributed by atoms with Crippen molar-refractivity contribution in [1.82, 2.24) is 0 Å². The molecule has 10 N–H and O–H groups in total. The first kappa shape index (κ1) is 102. The Morgan fingerprint density at radius 2 is 0.676 bits per heavy atom. The number of allylic oxidation sites excluding steroid dienone is 6. The quantitative estimate of drug-likeness (QED) is 0.00889. The van der Waals surface area contributed by atoms with Gasteiger partial charge >= 0.3 is 31.7 Å². The molecule has 0 aromatic heterocycles. The van der Waals surface area contributed by atoms with Crippen LogP contribution in [0.15, 0.2) is 36.5 Å². The Labute approximate surface area is 666 Å². The Hall–Kier alpha value is -3.31. The zero-order valence-corrected chi connectivity index (χ0v) is 69.4. The van der Waals surface area contributed by atoms with Crippen LogP contribution in [0.3, 0.4) is 0 Å². The Balaban J connectivity index is 1.96. The smallest absolute Gasteiger partial charge is 0.463 e. The summed E-state index contributed by atoms with van der Waals surface area (Å²) in [6.45, 7) is 5.48. The third-order valence-electron chi connectivity index (χ3n) is 21.1. The fourth-order valence-corrected chi connectivity index (χ4v) is 15.0. The van der Waals surface area contributed by atoms with Gasteiger partial charge in [0.05, 0.1) is 13.2 Å². The van der Waals surface area contributed by atoms with Gasteiger partial charge in [0.1, 0.15) is 92.6 Å². The maximum Gasteiger partial charge on any atom is 0.472 e. The summed E-state index contributed by atoms with van der Waals surface area (Å²) in [5, 5.41) is 102. The molecule has 25 nitrogen and oxygen atoms in total. The van der Waals surface area contributed by atoms with Crippen LogP contribution in [0.2, 0.25) is 0 Å². The highest BCUT2D eigenvalue weighted by Gasteiger charge is 2.60. The van der Waals surface area contributed by atoms with Gasteiger partial charge in [0.25, 0.3) is 0 Å². The number of hydrogen-bond donors (Lipinski definition) is 10. The summed E-state index contributed by atoms with van der Waals surface area (Å²) in [7, 11) is -5.81. The zero-order valence-electron chi connectivity index (χ0n) is 68.5. The minimum Gasteiger partial charge on any atom is -0.463 e. The van der Waals surface area contributed by atoms with E-state index in [1.54, 1.807) is 0 Å². The molecule has 26 heteroatoms. The van der Waals surface area contributed by atoms with Crippen LogP contribution in [0.4, 0.5) is 0 Å². The highest BCUT2D eigenvalue weighted by molar-refractivity contribution is 7.47. The van der Waals surface area contributed by atoms with Crippen molar-refractivity contribution in [2.45, 2.75) is 453 Å². The third-order valence-corrected chi connectivity index (χ3v) is 22.1. The van der Waals surface area contributed by atoms with Gasteiger partial charge in [-0.1, -0.05) is 257 Å². The highest BCUT2D eigenvalue weighted by Crippen LogP contribution is 2.49. The van der Waals surface area contributed by atoms with E-state index in [9.17, 15) is 74.6 Å². The molecule has 0 bridgehead atoms. The van der Waals surface area contributed by atoms with Gasteiger partial charge in [-0.3, -0.25) is 28.2 Å². The first-order chi connectivity index (χ1) is 53.7. The van der Waals surface area contributed by atoms with Crippen LogP contribution < -0.4 is 0 Å². The molecule has 111 heavy (non-hydrogen) atoms. The van der Waals surface area contributed by atoms with Gasteiger partial charge in [-0.15, -0.1) is 0 Å². The molecule has 0 spiro atoms. The Bertz CT molecular complexity index is 2470. The summed E-state index contributed by atoms with van der Waals surface area (Å²) in [6, 6.07) is 0. The van der Waals surface area contributed by atoms with Crippen LogP contribution >= 0.6 is 7.82 Å². The largest absolute Gasteiger partial charge is 0.472 e. The first-order valence-corrected chi connectivity index (χ1v) is 45.2. The Kier molecular flexibility index (Phi) is 59.4. The molecule has 2 heterocycles. The maximum absolute atomic E-state index is 14.8. The van der Waals surface area contributed by atoms with Crippen molar-refractivity contribution in [1.29, 1.82) is 0 Å². The summed E-state index contributed by atoms with van der Waals surface area (Å²) < 4.78 is 73.1. The average Bonchev–Trinajstić information content (AvgIpc) is 0.756. The molecule has 0 radical (unpaired) electrons. The lowest BCUT2D eigenvalue weighted by Gasteiger charge is -2.50.